The van der Waals surface area contributed by atoms with E-state index >= 15 is 0 Å². The van der Waals surface area contributed by atoms with Crippen molar-refractivity contribution in [1.82, 2.24) is 15.2 Å². The Morgan fingerprint density at radius 2 is 2.14 bits per heavy atom. The van der Waals surface area contributed by atoms with Gasteiger partial charge in [-0.3, -0.25) is 10.1 Å². The number of para-hydroxylation sites is 1. The van der Waals surface area contributed by atoms with Crippen LogP contribution in [-0.4, -0.2) is 40.8 Å². The molecule has 8 heteroatoms. The second-order valence-electron chi connectivity index (χ2n) is 6.68. The van der Waals surface area contributed by atoms with Gasteiger partial charge in [0.1, 0.15) is 17.1 Å². The van der Waals surface area contributed by atoms with Crippen LogP contribution in [0.15, 0.2) is 54.2 Å². The number of aromatic nitrogens is 3. The number of ether oxygens (including phenoxy) is 1. The van der Waals surface area contributed by atoms with E-state index < -0.39 is 0 Å². The number of nitrogens with one attached hydrogen (secondary N) is 1. The average molecular weight is 395 g/mol. The second kappa shape index (κ2) is 8.79. The highest BCUT2D eigenvalue weighted by atomic mass is 32.1. The molecule has 144 valence electrons. The maximum absolute atomic E-state index is 12.2. The maximum atomic E-state index is 12.2. The third-order valence-corrected chi connectivity index (χ3v) is 5.27. The van der Waals surface area contributed by atoms with Crippen LogP contribution in [0.1, 0.15) is 23.2 Å². The number of rotatable bonds is 6. The second-order valence-corrected chi connectivity index (χ2v) is 7.51. The van der Waals surface area contributed by atoms with Crippen LogP contribution in [0.3, 0.4) is 0 Å². The Balaban J connectivity index is 1.33. The Morgan fingerprint density at radius 3 is 2.89 bits per heavy atom. The van der Waals surface area contributed by atoms with Crippen LogP contribution in [0.5, 0.6) is 5.75 Å². The smallest absolute Gasteiger partial charge is 0.259 e. The maximum Gasteiger partial charge on any atom is 0.259 e. The molecule has 2 aromatic heterocycles. The molecular formula is C20H21N5O2S. The molecule has 0 aliphatic carbocycles. The minimum Gasteiger partial charge on any atom is -0.493 e. The minimum absolute atomic E-state index is 0.233. The van der Waals surface area contributed by atoms with Crippen LogP contribution < -0.4 is 15.0 Å². The predicted molar refractivity (Wildman–Crippen MR) is 109 cm³/mol. The SMILES string of the molecule is O=C(Nc1nncs1)c1ccc(N2CCCC(COc3ccccc3)C2)nc1. The molecule has 4 rings (SSSR count). The molecule has 3 heterocycles. The molecule has 0 spiro atoms. The fourth-order valence-corrected chi connectivity index (χ4v) is 3.68. The van der Waals surface area contributed by atoms with Crippen molar-refractivity contribution in [2.45, 2.75) is 12.8 Å². The van der Waals surface area contributed by atoms with Gasteiger partial charge in [-0.15, -0.1) is 10.2 Å². The largest absolute Gasteiger partial charge is 0.493 e. The molecule has 1 fully saturated rings. The van der Waals surface area contributed by atoms with Crippen molar-refractivity contribution in [3.05, 3.63) is 59.7 Å². The number of nitrogens with zero attached hydrogens (tertiary/aromatic N) is 4. The molecule has 28 heavy (non-hydrogen) atoms. The van der Waals surface area contributed by atoms with E-state index in [1.54, 1.807) is 17.8 Å². The van der Waals surface area contributed by atoms with Crippen LogP contribution >= 0.6 is 11.3 Å². The standard InChI is InChI=1S/C20H21N5O2S/c26-19(23-20-24-22-14-28-20)16-8-9-18(21-11-16)25-10-4-5-15(12-25)13-27-17-6-2-1-3-7-17/h1-3,6-9,11,14-15H,4-5,10,12-13H2,(H,23,24,26). The first-order valence-electron chi connectivity index (χ1n) is 9.24. The lowest BCUT2D eigenvalue weighted by atomic mass is 9.99. The van der Waals surface area contributed by atoms with Crippen molar-refractivity contribution in [3.8, 4) is 5.75 Å². The van der Waals surface area contributed by atoms with E-state index in [9.17, 15) is 4.79 Å². The molecule has 0 bridgehead atoms. The van der Waals surface area contributed by atoms with Gasteiger partial charge >= 0.3 is 0 Å². The van der Waals surface area contributed by atoms with Gasteiger partial charge in [-0.25, -0.2) is 4.98 Å². The number of amides is 1. The number of anilines is 2. The van der Waals surface area contributed by atoms with Gasteiger partial charge in [-0.2, -0.15) is 0 Å². The van der Waals surface area contributed by atoms with Gasteiger partial charge in [0.25, 0.3) is 5.91 Å². The summed E-state index contributed by atoms with van der Waals surface area (Å²) in [5, 5.41) is 10.7. The monoisotopic (exact) mass is 395 g/mol. The van der Waals surface area contributed by atoms with E-state index in [0.717, 1.165) is 37.5 Å². The molecule has 1 aliphatic rings. The van der Waals surface area contributed by atoms with E-state index in [0.29, 0.717) is 23.2 Å². The fraction of sp³-hybridized carbons (Fsp3) is 0.300. The summed E-state index contributed by atoms with van der Waals surface area (Å²) in [5.74, 6) is 2.01. The Morgan fingerprint density at radius 1 is 1.25 bits per heavy atom. The molecule has 0 radical (unpaired) electrons. The topological polar surface area (TPSA) is 80.2 Å². The van der Waals surface area contributed by atoms with Gasteiger partial charge in [0.05, 0.1) is 12.2 Å². The molecule has 3 aromatic rings. The fourth-order valence-electron chi connectivity index (χ4n) is 3.24. The zero-order valence-electron chi connectivity index (χ0n) is 15.3. The summed E-state index contributed by atoms with van der Waals surface area (Å²) in [7, 11) is 0. The summed E-state index contributed by atoms with van der Waals surface area (Å²) in [6.45, 7) is 2.56. The quantitative estimate of drug-likeness (QED) is 0.688. The number of carbonyl (C=O) groups excluding carboxylic acids is 1. The van der Waals surface area contributed by atoms with Crippen LogP contribution in [0.25, 0.3) is 0 Å². The van der Waals surface area contributed by atoms with Crippen LogP contribution in [-0.2, 0) is 0 Å². The van der Waals surface area contributed by atoms with Gasteiger partial charge < -0.3 is 9.64 Å². The normalized spacial score (nSPS) is 16.6. The highest BCUT2D eigenvalue weighted by molar-refractivity contribution is 7.13. The summed E-state index contributed by atoms with van der Waals surface area (Å²) >= 11 is 1.28. The van der Waals surface area contributed by atoms with Crippen molar-refractivity contribution >= 4 is 28.2 Å². The van der Waals surface area contributed by atoms with Crippen molar-refractivity contribution in [2.24, 2.45) is 5.92 Å². The molecule has 1 N–H and O–H groups in total. The molecule has 1 aromatic carbocycles. The summed E-state index contributed by atoms with van der Waals surface area (Å²) in [5.41, 5.74) is 2.07. The Bertz CT molecular complexity index is 887. The summed E-state index contributed by atoms with van der Waals surface area (Å²) in [6, 6.07) is 13.6. The number of hydrogen-bond donors (Lipinski definition) is 1. The van der Waals surface area contributed by atoms with Gasteiger partial charge in [-0.1, -0.05) is 29.5 Å². The van der Waals surface area contributed by atoms with Gasteiger partial charge in [0.2, 0.25) is 5.13 Å². The summed E-state index contributed by atoms with van der Waals surface area (Å²) in [6.07, 6.45) is 3.85. The van der Waals surface area contributed by atoms with E-state index in [1.807, 2.05) is 36.4 Å². The Hall–Kier alpha value is -3.00. The summed E-state index contributed by atoms with van der Waals surface area (Å²) < 4.78 is 5.92. The molecule has 7 nitrogen and oxygen atoms in total. The van der Waals surface area contributed by atoms with Crippen LogP contribution in [0, 0.1) is 5.92 Å². The van der Waals surface area contributed by atoms with E-state index in [4.69, 9.17) is 4.74 Å². The highest BCUT2D eigenvalue weighted by Crippen LogP contribution is 2.23. The van der Waals surface area contributed by atoms with Crippen molar-refractivity contribution in [3.63, 3.8) is 0 Å². The first-order valence-corrected chi connectivity index (χ1v) is 10.1. The molecule has 1 amide bonds. The third kappa shape index (κ3) is 4.64. The molecule has 1 saturated heterocycles. The Kier molecular flexibility index (Phi) is 5.77. The van der Waals surface area contributed by atoms with Crippen molar-refractivity contribution < 1.29 is 9.53 Å². The van der Waals surface area contributed by atoms with Gasteiger partial charge in [0.15, 0.2) is 0 Å². The molecule has 1 unspecified atom stereocenters. The zero-order chi connectivity index (χ0) is 19.2. The Labute approximate surface area is 167 Å². The first-order chi connectivity index (χ1) is 13.8. The van der Waals surface area contributed by atoms with Crippen molar-refractivity contribution in [2.75, 3.05) is 29.9 Å². The first kappa shape index (κ1) is 18.4. The van der Waals surface area contributed by atoms with E-state index in [-0.39, 0.29) is 5.91 Å². The molecular weight excluding hydrogens is 374 g/mol. The number of hydrogen-bond acceptors (Lipinski definition) is 7. The molecule has 1 atom stereocenters. The highest BCUT2D eigenvalue weighted by Gasteiger charge is 2.22. The average Bonchev–Trinajstić information content (AvgIpc) is 3.26. The number of benzene rings is 1. The molecule has 0 saturated carbocycles. The van der Waals surface area contributed by atoms with Crippen LogP contribution in [0.4, 0.5) is 10.9 Å². The summed E-state index contributed by atoms with van der Waals surface area (Å²) in [4.78, 5) is 19.0. The van der Waals surface area contributed by atoms with E-state index in [1.165, 1.54) is 11.3 Å². The zero-order valence-corrected chi connectivity index (χ0v) is 16.1. The number of piperidine rings is 1. The lowest BCUT2D eigenvalue weighted by molar-refractivity contribution is 0.102. The third-order valence-electron chi connectivity index (χ3n) is 4.66. The van der Waals surface area contributed by atoms with Gasteiger partial charge in [-0.05, 0) is 37.1 Å². The number of carbonyl (C=O) groups is 1. The van der Waals surface area contributed by atoms with Crippen LogP contribution in [0.2, 0.25) is 0 Å². The lowest BCUT2D eigenvalue weighted by Crippen LogP contribution is -2.38. The minimum atomic E-state index is -0.233. The predicted octanol–water partition coefficient (Wildman–Crippen LogP) is 3.48. The van der Waals surface area contributed by atoms with E-state index in [2.05, 4.69) is 25.4 Å². The van der Waals surface area contributed by atoms with Crippen molar-refractivity contribution in [1.29, 1.82) is 0 Å². The lowest BCUT2D eigenvalue weighted by Gasteiger charge is -2.33. The number of pyridine rings is 1. The van der Waals surface area contributed by atoms with Gasteiger partial charge in [0, 0.05) is 25.2 Å². The molecule has 1 aliphatic heterocycles.